The molecule has 0 heterocycles. The molecule has 0 aliphatic rings. The van der Waals surface area contributed by atoms with Crippen molar-refractivity contribution in [1.82, 2.24) is 0 Å². The topological polar surface area (TPSA) is 78.9 Å². The average molecular weight is 817 g/mol. The minimum Gasteiger partial charge on any atom is -0.462 e. The average Bonchev–Trinajstić information content (AvgIpc) is 3.22. The third-order valence-corrected chi connectivity index (χ3v) is 11.2. The third-order valence-electron chi connectivity index (χ3n) is 11.2. The van der Waals surface area contributed by atoms with E-state index in [1.807, 2.05) is 0 Å². The Kier molecular flexibility index (Phi) is 45.8. The molecule has 0 aliphatic heterocycles. The Hall–Kier alpha value is -2.11. The zero-order valence-corrected chi connectivity index (χ0v) is 38.8. The molecule has 1 atom stereocenters. The number of unbranched alkanes of at least 4 members (excludes halogenated alkanes) is 31. The number of allylic oxidation sites excluding steroid dienone is 4. The van der Waals surface area contributed by atoms with Gasteiger partial charge in [-0.05, 0) is 64.2 Å². The van der Waals surface area contributed by atoms with E-state index < -0.39 is 6.10 Å². The van der Waals surface area contributed by atoms with Crippen molar-refractivity contribution in [2.45, 2.75) is 277 Å². The molecule has 0 aliphatic carbocycles. The van der Waals surface area contributed by atoms with Crippen LogP contribution in [-0.2, 0) is 28.6 Å². The van der Waals surface area contributed by atoms with Crippen molar-refractivity contribution in [1.29, 1.82) is 0 Å². The number of rotatable bonds is 46. The van der Waals surface area contributed by atoms with E-state index in [4.69, 9.17) is 14.2 Å². The highest BCUT2D eigenvalue weighted by atomic mass is 16.6. The molecule has 0 aromatic carbocycles. The van der Waals surface area contributed by atoms with Gasteiger partial charge in [0.05, 0.1) is 0 Å². The van der Waals surface area contributed by atoms with Crippen LogP contribution in [0.3, 0.4) is 0 Å². The van der Waals surface area contributed by atoms with E-state index in [2.05, 4.69) is 45.1 Å². The monoisotopic (exact) mass is 817 g/mol. The molecule has 0 saturated heterocycles. The number of ether oxygens (including phenoxy) is 3. The van der Waals surface area contributed by atoms with Gasteiger partial charge in [-0.25, -0.2) is 0 Å². The van der Waals surface area contributed by atoms with Gasteiger partial charge in [0.15, 0.2) is 6.10 Å². The van der Waals surface area contributed by atoms with E-state index in [9.17, 15) is 14.4 Å². The quantitative estimate of drug-likeness (QED) is 0.0263. The Bertz CT molecular complexity index is 942. The van der Waals surface area contributed by atoms with Crippen molar-refractivity contribution in [2.24, 2.45) is 0 Å². The number of hydrogen-bond acceptors (Lipinski definition) is 6. The molecule has 6 nitrogen and oxygen atoms in total. The summed E-state index contributed by atoms with van der Waals surface area (Å²) < 4.78 is 16.7. The van der Waals surface area contributed by atoms with Gasteiger partial charge in [0.2, 0.25) is 0 Å². The van der Waals surface area contributed by atoms with Crippen LogP contribution in [0.4, 0.5) is 0 Å². The molecule has 0 rings (SSSR count). The SMILES string of the molecule is CCCCC/C=C\CCCCCCCC(=O)OC(COC(=O)CCC/C=C\CCCCCC)COC(=O)CCCCCCCCCCCCCCCCCCCCC. The van der Waals surface area contributed by atoms with E-state index in [1.54, 1.807) is 0 Å². The molecule has 0 fully saturated rings. The van der Waals surface area contributed by atoms with Gasteiger partial charge in [0, 0.05) is 19.3 Å². The molecule has 0 aromatic rings. The summed E-state index contributed by atoms with van der Waals surface area (Å²) in [5.41, 5.74) is 0. The fourth-order valence-corrected chi connectivity index (χ4v) is 7.32. The summed E-state index contributed by atoms with van der Waals surface area (Å²) in [7, 11) is 0. The normalized spacial score (nSPS) is 12.1. The summed E-state index contributed by atoms with van der Waals surface area (Å²) >= 11 is 0. The molecule has 0 N–H and O–H groups in total. The fraction of sp³-hybridized carbons (Fsp3) is 0.865. The van der Waals surface area contributed by atoms with Gasteiger partial charge in [-0.2, -0.15) is 0 Å². The van der Waals surface area contributed by atoms with Crippen molar-refractivity contribution in [3.05, 3.63) is 24.3 Å². The van der Waals surface area contributed by atoms with E-state index in [0.717, 1.165) is 70.6 Å². The minimum absolute atomic E-state index is 0.0797. The number of carbonyl (C=O) groups is 3. The second-order valence-corrected chi connectivity index (χ2v) is 17.1. The first-order valence-corrected chi connectivity index (χ1v) is 25.3. The van der Waals surface area contributed by atoms with Crippen LogP contribution in [-0.4, -0.2) is 37.2 Å². The van der Waals surface area contributed by atoms with Crippen LogP contribution in [0, 0.1) is 0 Å². The molecule has 1 unspecified atom stereocenters. The highest BCUT2D eigenvalue weighted by molar-refractivity contribution is 5.71. The van der Waals surface area contributed by atoms with Gasteiger partial charge >= 0.3 is 17.9 Å². The molecule has 0 bridgehead atoms. The van der Waals surface area contributed by atoms with Crippen LogP contribution < -0.4 is 0 Å². The third kappa shape index (κ3) is 45.0. The minimum atomic E-state index is -0.780. The summed E-state index contributed by atoms with van der Waals surface area (Å²) in [5.74, 6) is -0.916. The van der Waals surface area contributed by atoms with Crippen LogP contribution in [0.25, 0.3) is 0 Å². The summed E-state index contributed by atoms with van der Waals surface area (Å²) in [5, 5.41) is 0. The van der Waals surface area contributed by atoms with E-state index in [0.29, 0.717) is 19.3 Å². The smallest absolute Gasteiger partial charge is 0.306 e. The van der Waals surface area contributed by atoms with Gasteiger partial charge in [-0.1, -0.05) is 212 Å². The summed E-state index contributed by atoms with van der Waals surface area (Å²) in [4.78, 5) is 37.8. The lowest BCUT2D eigenvalue weighted by Crippen LogP contribution is -2.30. The Morgan fingerprint density at radius 3 is 0.983 bits per heavy atom. The van der Waals surface area contributed by atoms with Crippen LogP contribution in [0.1, 0.15) is 271 Å². The Morgan fingerprint density at radius 2 is 0.586 bits per heavy atom. The zero-order valence-electron chi connectivity index (χ0n) is 38.8. The summed E-state index contributed by atoms with van der Waals surface area (Å²) in [6.45, 7) is 6.57. The molecular weight excluding hydrogens is 721 g/mol. The van der Waals surface area contributed by atoms with Crippen molar-refractivity contribution >= 4 is 17.9 Å². The van der Waals surface area contributed by atoms with Gasteiger partial charge in [0.1, 0.15) is 13.2 Å². The van der Waals surface area contributed by atoms with Crippen LogP contribution in [0.5, 0.6) is 0 Å². The second kappa shape index (κ2) is 47.6. The van der Waals surface area contributed by atoms with Gasteiger partial charge in [0.25, 0.3) is 0 Å². The summed E-state index contributed by atoms with van der Waals surface area (Å²) in [6.07, 6.45) is 53.2. The molecule has 340 valence electrons. The number of carbonyl (C=O) groups excluding carboxylic acids is 3. The standard InChI is InChI=1S/C52H96O6/c1-4-7-10-13-16-19-21-23-24-25-26-27-28-29-31-33-36-39-42-45-51(54)57-48-49(47-56-50(53)44-41-38-35-32-18-15-12-9-6-3)58-52(55)46-43-40-37-34-30-22-20-17-14-11-8-5-2/h17,20,32,35,49H,4-16,18-19,21-31,33-34,36-48H2,1-3H3/b20-17-,35-32-. The zero-order chi connectivity index (χ0) is 42.3. The van der Waals surface area contributed by atoms with Crippen molar-refractivity contribution in [3.63, 3.8) is 0 Å². The Balaban J connectivity index is 4.25. The highest BCUT2D eigenvalue weighted by Crippen LogP contribution is 2.16. The lowest BCUT2D eigenvalue weighted by molar-refractivity contribution is -0.167. The Labute approximate surface area is 360 Å². The Morgan fingerprint density at radius 1 is 0.328 bits per heavy atom. The maximum Gasteiger partial charge on any atom is 0.306 e. The molecular formula is C52H96O6. The molecule has 58 heavy (non-hydrogen) atoms. The second-order valence-electron chi connectivity index (χ2n) is 17.1. The lowest BCUT2D eigenvalue weighted by Gasteiger charge is -2.18. The maximum absolute atomic E-state index is 12.7. The van der Waals surface area contributed by atoms with E-state index >= 15 is 0 Å². The molecule has 0 saturated carbocycles. The van der Waals surface area contributed by atoms with E-state index in [-0.39, 0.29) is 31.1 Å². The predicted molar refractivity (Wildman–Crippen MR) is 247 cm³/mol. The molecule has 6 heteroatoms. The van der Waals surface area contributed by atoms with E-state index in [1.165, 1.54) is 161 Å². The predicted octanol–water partition coefficient (Wildman–Crippen LogP) is 16.4. The van der Waals surface area contributed by atoms with Gasteiger partial charge < -0.3 is 14.2 Å². The van der Waals surface area contributed by atoms with Crippen LogP contribution in [0.15, 0.2) is 24.3 Å². The first kappa shape index (κ1) is 55.9. The van der Waals surface area contributed by atoms with Crippen molar-refractivity contribution in [2.75, 3.05) is 13.2 Å². The first-order chi connectivity index (χ1) is 28.5. The largest absolute Gasteiger partial charge is 0.462 e. The maximum atomic E-state index is 12.7. The van der Waals surface area contributed by atoms with Gasteiger partial charge in [-0.3, -0.25) is 14.4 Å². The summed E-state index contributed by atoms with van der Waals surface area (Å²) in [6, 6.07) is 0. The highest BCUT2D eigenvalue weighted by Gasteiger charge is 2.19. The van der Waals surface area contributed by atoms with Gasteiger partial charge in [-0.15, -0.1) is 0 Å². The fourth-order valence-electron chi connectivity index (χ4n) is 7.32. The molecule has 0 amide bonds. The number of hydrogen-bond donors (Lipinski definition) is 0. The van der Waals surface area contributed by atoms with Crippen molar-refractivity contribution < 1.29 is 28.6 Å². The molecule has 0 aromatic heterocycles. The number of esters is 3. The van der Waals surface area contributed by atoms with Crippen molar-refractivity contribution in [3.8, 4) is 0 Å². The lowest BCUT2D eigenvalue weighted by atomic mass is 10.0. The molecule has 0 radical (unpaired) electrons. The van der Waals surface area contributed by atoms with Crippen LogP contribution >= 0.6 is 0 Å². The van der Waals surface area contributed by atoms with Crippen LogP contribution in [0.2, 0.25) is 0 Å². The molecule has 0 spiro atoms. The first-order valence-electron chi connectivity index (χ1n) is 25.3.